The van der Waals surface area contributed by atoms with Crippen molar-refractivity contribution in [3.05, 3.63) is 0 Å². The molecule has 2 atom stereocenters. The third-order valence-corrected chi connectivity index (χ3v) is 6.46. The molecule has 2 heterocycles. The van der Waals surface area contributed by atoms with Crippen LogP contribution >= 0.6 is 0 Å². The molecular formula is C15H31N3O2S. The van der Waals surface area contributed by atoms with E-state index in [9.17, 15) is 8.42 Å². The van der Waals surface area contributed by atoms with Crippen molar-refractivity contribution in [3.63, 3.8) is 0 Å². The highest BCUT2D eigenvalue weighted by Gasteiger charge is 2.26. The smallest absolute Gasteiger partial charge is 0.279 e. The van der Waals surface area contributed by atoms with E-state index >= 15 is 0 Å². The molecule has 0 aromatic carbocycles. The highest BCUT2D eigenvalue weighted by atomic mass is 32.2. The molecule has 0 amide bonds. The summed E-state index contributed by atoms with van der Waals surface area (Å²) in [6, 6.07) is 0.832. The van der Waals surface area contributed by atoms with Crippen LogP contribution < -0.4 is 4.72 Å². The second-order valence-electron chi connectivity index (χ2n) is 6.60. The second kappa shape index (κ2) is 7.90. The zero-order valence-electron chi connectivity index (χ0n) is 13.6. The van der Waals surface area contributed by atoms with Gasteiger partial charge in [0.1, 0.15) is 0 Å². The number of hydrogen-bond acceptors (Lipinski definition) is 3. The molecular weight excluding hydrogens is 286 g/mol. The number of piperidine rings is 1. The lowest BCUT2D eigenvalue weighted by molar-refractivity contribution is 0.116. The Hall–Kier alpha value is -0.170. The monoisotopic (exact) mass is 317 g/mol. The summed E-state index contributed by atoms with van der Waals surface area (Å²) in [5, 5.41) is 0. The van der Waals surface area contributed by atoms with E-state index in [1.807, 2.05) is 0 Å². The largest absolute Gasteiger partial charge is 0.297 e. The molecule has 0 unspecified atom stereocenters. The van der Waals surface area contributed by atoms with Gasteiger partial charge in [-0.25, -0.2) is 4.72 Å². The molecule has 0 spiro atoms. The fraction of sp³-hybridized carbons (Fsp3) is 1.00. The maximum atomic E-state index is 12.4. The molecule has 2 aliphatic rings. The van der Waals surface area contributed by atoms with Crippen LogP contribution in [0.2, 0.25) is 0 Å². The molecule has 0 bridgehead atoms. The summed E-state index contributed by atoms with van der Waals surface area (Å²) in [6.45, 7) is 7.33. The lowest BCUT2D eigenvalue weighted by Gasteiger charge is -2.38. The maximum absolute atomic E-state index is 12.4. The number of nitrogens with zero attached hydrogens (tertiary/aromatic N) is 2. The average molecular weight is 317 g/mol. The Labute approximate surface area is 130 Å². The minimum Gasteiger partial charge on any atom is -0.297 e. The van der Waals surface area contributed by atoms with Crippen molar-refractivity contribution in [2.75, 3.05) is 26.2 Å². The quantitative estimate of drug-likeness (QED) is 0.843. The van der Waals surface area contributed by atoms with Gasteiger partial charge < -0.3 is 0 Å². The van der Waals surface area contributed by atoms with Gasteiger partial charge in [0.25, 0.3) is 10.2 Å². The summed E-state index contributed by atoms with van der Waals surface area (Å²) in [6.07, 6.45) is 8.02. The van der Waals surface area contributed by atoms with Crippen molar-refractivity contribution >= 4 is 10.2 Å². The topological polar surface area (TPSA) is 52.7 Å². The molecule has 0 aromatic rings. The normalized spacial score (nSPS) is 28.2. The minimum absolute atomic E-state index is 0.266. The summed E-state index contributed by atoms with van der Waals surface area (Å²) in [5.74, 6) is 0. The van der Waals surface area contributed by atoms with Crippen LogP contribution in [0.15, 0.2) is 0 Å². The van der Waals surface area contributed by atoms with Gasteiger partial charge in [-0.05, 0) is 46.1 Å². The van der Waals surface area contributed by atoms with E-state index in [0.717, 1.165) is 32.2 Å². The Morgan fingerprint density at radius 1 is 1.05 bits per heavy atom. The Morgan fingerprint density at radius 2 is 1.67 bits per heavy atom. The molecule has 0 radical (unpaired) electrons. The summed E-state index contributed by atoms with van der Waals surface area (Å²) in [5.41, 5.74) is 0. The first-order chi connectivity index (χ1) is 10.0. The first kappa shape index (κ1) is 17.2. The summed E-state index contributed by atoms with van der Waals surface area (Å²) < 4.78 is 29.3. The third-order valence-electron chi connectivity index (χ3n) is 4.89. The van der Waals surface area contributed by atoms with Crippen LogP contribution in [0.1, 0.15) is 58.8 Å². The number of hydrogen-bond donors (Lipinski definition) is 1. The standard InChI is InChI=1S/C15H31N3O2S/c1-14-9-5-8-12-18(14)15(2)13-16-21(19,20)17-10-6-3-4-7-11-17/h14-16H,3-13H2,1-2H3/t14-,15-/m1/s1. The highest BCUT2D eigenvalue weighted by Crippen LogP contribution is 2.19. The van der Waals surface area contributed by atoms with Crippen molar-refractivity contribution < 1.29 is 8.42 Å². The van der Waals surface area contributed by atoms with E-state index in [1.54, 1.807) is 4.31 Å². The van der Waals surface area contributed by atoms with E-state index in [2.05, 4.69) is 23.5 Å². The average Bonchev–Trinajstić information content (AvgIpc) is 2.75. The van der Waals surface area contributed by atoms with Crippen LogP contribution in [-0.4, -0.2) is 55.9 Å². The Kier molecular flexibility index (Phi) is 6.47. The fourth-order valence-corrected chi connectivity index (χ4v) is 4.86. The molecule has 2 aliphatic heterocycles. The molecule has 124 valence electrons. The highest BCUT2D eigenvalue weighted by molar-refractivity contribution is 7.87. The van der Waals surface area contributed by atoms with Gasteiger partial charge in [0, 0.05) is 31.7 Å². The Balaban J connectivity index is 1.85. The Morgan fingerprint density at radius 3 is 2.29 bits per heavy atom. The van der Waals surface area contributed by atoms with E-state index in [4.69, 9.17) is 0 Å². The van der Waals surface area contributed by atoms with Gasteiger partial charge in [-0.1, -0.05) is 19.3 Å². The predicted octanol–water partition coefficient (Wildman–Crippen LogP) is 1.96. The lowest BCUT2D eigenvalue weighted by Crippen LogP contribution is -2.50. The van der Waals surface area contributed by atoms with E-state index in [1.165, 1.54) is 19.3 Å². The van der Waals surface area contributed by atoms with Gasteiger partial charge in [-0.3, -0.25) is 4.90 Å². The number of rotatable bonds is 5. The van der Waals surface area contributed by atoms with Crippen molar-refractivity contribution in [2.24, 2.45) is 0 Å². The lowest BCUT2D eigenvalue weighted by atomic mass is 10.0. The molecule has 2 fully saturated rings. The van der Waals surface area contributed by atoms with Crippen LogP contribution in [-0.2, 0) is 10.2 Å². The Bertz CT molecular complexity index is 405. The molecule has 2 rings (SSSR count). The SMILES string of the molecule is C[C@@H]1CCCCN1[C@H](C)CNS(=O)(=O)N1CCCCCC1. The third kappa shape index (κ3) is 4.91. The number of likely N-dealkylation sites (tertiary alicyclic amines) is 1. The van der Waals surface area contributed by atoms with Gasteiger partial charge >= 0.3 is 0 Å². The molecule has 1 N–H and O–H groups in total. The fourth-order valence-electron chi connectivity index (χ4n) is 3.49. The van der Waals surface area contributed by atoms with Gasteiger partial charge in [0.05, 0.1) is 0 Å². The van der Waals surface area contributed by atoms with Crippen LogP contribution in [0.3, 0.4) is 0 Å². The van der Waals surface area contributed by atoms with Crippen molar-refractivity contribution in [2.45, 2.75) is 70.9 Å². The summed E-state index contributed by atoms with van der Waals surface area (Å²) in [4.78, 5) is 2.44. The molecule has 21 heavy (non-hydrogen) atoms. The zero-order chi connectivity index (χ0) is 15.3. The predicted molar refractivity (Wildman–Crippen MR) is 86.4 cm³/mol. The minimum atomic E-state index is -3.30. The maximum Gasteiger partial charge on any atom is 0.279 e. The van der Waals surface area contributed by atoms with Crippen molar-refractivity contribution in [3.8, 4) is 0 Å². The summed E-state index contributed by atoms with van der Waals surface area (Å²) in [7, 11) is -3.30. The van der Waals surface area contributed by atoms with Crippen molar-refractivity contribution in [1.82, 2.24) is 13.9 Å². The number of nitrogens with one attached hydrogen (secondary N) is 1. The van der Waals surface area contributed by atoms with Gasteiger partial charge in [-0.15, -0.1) is 0 Å². The van der Waals surface area contributed by atoms with Crippen LogP contribution in [0.25, 0.3) is 0 Å². The van der Waals surface area contributed by atoms with E-state index < -0.39 is 10.2 Å². The van der Waals surface area contributed by atoms with Crippen LogP contribution in [0, 0.1) is 0 Å². The van der Waals surface area contributed by atoms with Crippen LogP contribution in [0.5, 0.6) is 0 Å². The van der Waals surface area contributed by atoms with E-state index in [-0.39, 0.29) is 6.04 Å². The van der Waals surface area contributed by atoms with Gasteiger partial charge in [0.2, 0.25) is 0 Å². The molecule has 0 aromatic heterocycles. The van der Waals surface area contributed by atoms with Crippen LogP contribution in [0.4, 0.5) is 0 Å². The second-order valence-corrected chi connectivity index (χ2v) is 8.35. The van der Waals surface area contributed by atoms with Gasteiger partial charge in [-0.2, -0.15) is 12.7 Å². The van der Waals surface area contributed by atoms with Crippen molar-refractivity contribution in [1.29, 1.82) is 0 Å². The zero-order valence-corrected chi connectivity index (χ0v) is 14.4. The molecule has 6 heteroatoms. The molecule has 0 aliphatic carbocycles. The van der Waals surface area contributed by atoms with Gasteiger partial charge in [0.15, 0.2) is 0 Å². The summed E-state index contributed by atoms with van der Waals surface area (Å²) >= 11 is 0. The molecule has 0 saturated carbocycles. The molecule has 2 saturated heterocycles. The first-order valence-corrected chi connectivity index (χ1v) is 9.95. The van der Waals surface area contributed by atoms with E-state index in [0.29, 0.717) is 25.7 Å². The first-order valence-electron chi connectivity index (χ1n) is 8.51. The molecule has 5 nitrogen and oxygen atoms in total.